The Morgan fingerprint density at radius 1 is 0.524 bits per heavy atom. The number of benzene rings is 4. The van der Waals surface area contributed by atoms with Crippen molar-refractivity contribution in [3.8, 4) is 0 Å². The lowest BCUT2D eigenvalue weighted by atomic mass is 9.91. The van der Waals surface area contributed by atoms with E-state index in [0.717, 1.165) is 11.1 Å². The van der Waals surface area contributed by atoms with E-state index in [1.807, 2.05) is 13.8 Å². The quantitative estimate of drug-likeness (QED) is 0.258. The Morgan fingerprint density at radius 2 is 0.810 bits per heavy atom. The molecule has 4 aromatic carbocycles. The zero-order chi connectivity index (χ0) is 30.2. The second-order valence-corrected chi connectivity index (χ2v) is 15.6. The summed E-state index contributed by atoms with van der Waals surface area (Å²) in [4.78, 5) is 4.17. The van der Waals surface area contributed by atoms with Gasteiger partial charge in [0, 0.05) is 0 Å². The summed E-state index contributed by atoms with van der Waals surface area (Å²) in [5, 5.41) is 0. The third-order valence-electron chi connectivity index (χ3n) is 7.97. The van der Waals surface area contributed by atoms with Gasteiger partial charge in [-0.2, -0.15) is 0 Å². The molecule has 0 amide bonds. The van der Waals surface area contributed by atoms with Crippen molar-refractivity contribution in [3.63, 3.8) is 0 Å². The van der Waals surface area contributed by atoms with Crippen LogP contribution in [0.4, 0.5) is 0 Å². The molecule has 4 bridgehead atoms. The predicted molar refractivity (Wildman–Crippen MR) is 163 cm³/mol. The molecule has 5 rings (SSSR count). The van der Waals surface area contributed by atoms with Crippen LogP contribution < -0.4 is 0 Å². The molecule has 6 nitrogen and oxygen atoms in total. The molecule has 0 aliphatic heterocycles. The van der Waals surface area contributed by atoms with Gasteiger partial charge in [-0.25, -0.2) is 30.0 Å². The van der Waals surface area contributed by atoms with E-state index in [0.29, 0.717) is 22.3 Å². The van der Waals surface area contributed by atoms with Crippen molar-refractivity contribution in [2.24, 2.45) is 0 Å². The first-order valence-corrected chi connectivity index (χ1v) is 16.5. The lowest BCUT2D eigenvalue weighted by Gasteiger charge is -2.26. The number of sulfone groups is 2. The summed E-state index contributed by atoms with van der Waals surface area (Å²) in [6.45, 7) is 20.2. The fourth-order valence-electron chi connectivity index (χ4n) is 5.63. The largest absolute Gasteiger partial charge is 0.341 e. The summed E-state index contributed by atoms with van der Waals surface area (Å²) in [5.41, 5.74) is 4.16. The minimum absolute atomic E-state index is 0.0831. The lowest BCUT2D eigenvalue weighted by Crippen LogP contribution is -2.41. The zero-order valence-electron chi connectivity index (χ0n) is 23.4. The van der Waals surface area contributed by atoms with E-state index >= 15 is 0 Å². The molecule has 4 aromatic rings. The molecule has 0 unspecified atom stereocenters. The second kappa shape index (κ2) is 10.9. The molecule has 0 spiro atoms. The van der Waals surface area contributed by atoms with Gasteiger partial charge in [-0.3, -0.25) is 9.69 Å². The Morgan fingerprint density at radius 3 is 1.07 bits per heavy atom. The Bertz CT molecular complexity index is 1760. The Kier molecular flexibility index (Phi) is 7.57. The molecule has 0 aromatic heterocycles. The van der Waals surface area contributed by atoms with Crippen LogP contribution in [0.1, 0.15) is 33.4 Å². The maximum absolute atomic E-state index is 14.2. The number of hydrogen-bond acceptors (Lipinski definition) is 4. The van der Waals surface area contributed by atoms with Gasteiger partial charge < -0.3 is 0 Å². The van der Waals surface area contributed by atoms with Crippen molar-refractivity contribution >= 4 is 19.7 Å². The highest BCUT2D eigenvalue weighted by molar-refractivity contribution is 7.93. The third kappa shape index (κ3) is 5.13. The summed E-state index contributed by atoms with van der Waals surface area (Å²) in [6, 6.07) is 27.0. The van der Waals surface area contributed by atoms with Crippen LogP contribution in [-0.4, -0.2) is 26.6 Å². The van der Waals surface area contributed by atoms with E-state index in [9.17, 15) is 16.8 Å². The number of hydrogen-bond donors (Lipinski definition) is 0. The average Bonchev–Trinajstić information content (AvgIpc) is 2.96. The first-order chi connectivity index (χ1) is 19.9. The molecule has 0 fully saturated rings. The number of fused-ring (bicyclic) bond motifs is 4. The lowest BCUT2D eigenvalue weighted by molar-refractivity contribution is 0.539. The topological polar surface area (TPSA) is 77.0 Å². The molecule has 0 saturated carbocycles. The van der Waals surface area contributed by atoms with E-state index in [1.54, 1.807) is 97.1 Å². The predicted octanol–water partition coefficient (Wildman–Crippen LogP) is 6.37. The van der Waals surface area contributed by atoms with Gasteiger partial charge in [-0.15, -0.1) is 0 Å². The third-order valence-corrected chi connectivity index (χ3v) is 12.5. The zero-order valence-corrected chi connectivity index (χ0v) is 25.0. The minimum Gasteiger partial charge on any atom is -0.292 e. The summed E-state index contributed by atoms with van der Waals surface area (Å²) in [5.74, 6) is 0. The number of rotatable bonds is 4. The fraction of sp³-hybridized carbons (Fsp3) is 0.235. The van der Waals surface area contributed by atoms with Crippen LogP contribution in [0, 0.1) is 27.0 Å². The van der Waals surface area contributed by atoms with Crippen molar-refractivity contribution < 1.29 is 16.8 Å². The van der Waals surface area contributed by atoms with E-state index in [-0.39, 0.29) is 35.5 Å². The van der Waals surface area contributed by atoms with Gasteiger partial charge in [0.25, 0.3) is 19.7 Å². The Hall–Kier alpha value is -4.24. The maximum Gasteiger partial charge on any atom is 0.341 e. The molecule has 212 valence electrons. The van der Waals surface area contributed by atoms with Crippen molar-refractivity contribution in [1.82, 2.24) is 0 Å². The maximum atomic E-state index is 14.2. The molecule has 0 N–H and O–H groups in total. The molecule has 0 atom stereocenters. The monoisotopic (exact) mass is 594 g/mol. The SMILES string of the molecule is [C-]#[N+]C1(S(=O)(=O)c2ccc(C)cc2)Cc2cccc(c2)CC([N+]#[C-])(S(=O)(=O)c2ccc(C)cc2)Cc2cccc(c2)C1. The van der Waals surface area contributed by atoms with Gasteiger partial charge in [-0.05, 0) is 60.4 Å². The second-order valence-electron chi connectivity index (χ2n) is 11.1. The van der Waals surface area contributed by atoms with Crippen molar-refractivity contribution in [3.05, 3.63) is 153 Å². The Labute approximate surface area is 248 Å². The Balaban J connectivity index is 1.71. The fourth-order valence-corrected chi connectivity index (χ4v) is 9.17. The molecule has 0 radical (unpaired) electrons. The van der Waals surface area contributed by atoms with Crippen molar-refractivity contribution in [1.29, 1.82) is 0 Å². The van der Waals surface area contributed by atoms with E-state index in [2.05, 4.69) is 9.69 Å². The first kappa shape index (κ1) is 29.3. The van der Waals surface area contributed by atoms with Crippen LogP contribution in [-0.2, 0) is 45.4 Å². The molecular weight excluding hydrogens is 565 g/mol. The first-order valence-electron chi connectivity index (χ1n) is 13.5. The van der Waals surface area contributed by atoms with Crippen molar-refractivity contribution in [2.75, 3.05) is 0 Å². The van der Waals surface area contributed by atoms with Crippen LogP contribution in [0.25, 0.3) is 9.69 Å². The number of aryl methyl sites for hydroxylation is 2. The van der Waals surface area contributed by atoms with Gasteiger partial charge in [-0.1, -0.05) is 83.9 Å². The van der Waals surface area contributed by atoms with Gasteiger partial charge >= 0.3 is 9.74 Å². The molecule has 1 aliphatic carbocycles. The molecule has 8 heteroatoms. The molecule has 1 aliphatic rings. The van der Waals surface area contributed by atoms with Gasteiger partial charge in [0.2, 0.25) is 0 Å². The van der Waals surface area contributed by atoms with E-state index in [4.69, 9.17) is 13.1 Å². The van der Waals surface area contributed by atoms with Crippen LogP contribution in [0.3, 0.4) is 0 Å². The van der Waals surface area contributed by atoms with Crippen LogP contribution in [0.5, 0.6) is 0 Å². The van der Waals surface area contributed by atoms with Gasteiger partial charge in [0.15, 0.2) is 0 Å². The average molecular weight is 595 g/mol. The molecule has 42 heavy (non-hydrogen) atoms. The molecule has 0 saturated heterocycles. The van der Waals surface area contributed by atoms with Crippen LogP contribution >= 0.6 is 0 Å². The minimum atomic E-state index is -4.13. The smallest absolute Gasteiger partial charge is 0.292 e. The highest BCUT2D eigenvalue weighted by atomic mass is 32.2. The van der Waals surface area contributed by atoms with E-state index < -0.39 is 29.4 Å². The van der Waals surface area contributed by atoms with E-state index in [1.165, 1.54) is 0 Å². The normalized spacial score (nSPS) is 20.8. The summed E-state index contributed by atoms with van der Waals surface area (Å²) >= 11 is 0. The van der Waals surface area contributed by atoms with Crippen molar-refractivity contribution in [2.45, 2.75) is 59.1 Å². The van der Waals surface area contributed by atoms with Crippen LogP contribution in [0.15, 0.2) is 107 Å². The highest BCUT2D eigenvalue weighted by Crippen LogP contribution is 2.39. The summed E-state index contributed by atoms with van der Waals surface area (Å²) in [7, 11) is -8.26. The summed E-state index contributed by atoms with van der Waals surface area (Å²) < 4.78 is 56.8. The number of nitrogens with zero attached hydrogens (tertiary/aromatic N) is 2. The molecule has 0 heterocycles. The summed E-state index contributed by atoms with van der Waals surface area (Å²) in [6.07, 6.45) is -0.387. The highest BCUT2D eigenvalue weighted by Gasteiger charge is 2.54. The molecular formula is C34H30N2O4S2. The van der Waals surface area contributed by atoms with Crippen LogP contribution in [0.2, 0.25) is 0 Å². The standard InChI is InChI=1S/C34H30N2O4S2/c1-25-11-15-31(16-12-25)41(37,38)33(35-3)21-27-7-5-9-29(19-27)23-34(36-4,24-30-10-6-8-28(20-30)22-33)42(39,40)32-17-13-26(2)14-18-32/h5-20H,21-24H2,1-2H3. The van der Waals surface area contributed by atoms with Gasteiger partial charge in [0.1, 0.15) is 0 Å². The van der Waals surface area contributed by atoms with Gasteiger partial charge in [0.05, 0.1) is 35.5 Å².